The molecule has 0 saturated carbocycles. The number of nitrogens with one attached hydrogen (secondary N) is 2. The molecule has 0 aliphatic heterocycles. The van der Waals surface area contributed by atoms with E-state index in [-0.39, 0.29) is 0 Å². The Morgan fingerprint density at radius 3 is 2.32 bits per heavy atom. The lowest BCUT2D eigenvalue weighted by molar-refractivity contribution is 0.982. The van der Waals surface area contributed by atoms with E-state index < -0.39 is 0 Å². The van der Waals surface area contributed by atoms with E-state index >= 15 is 0 Å². The molecule has 3 rings (SSSR count). The molecule has 0 atom stereocenters. The summed E-state index contributed by atoms with van der Waals surface area (Å²) >= 11 is 0. The summed E-state index contributed by atoms with van der Waals surface area (Å²) in [5.74, 6) is 1.11. The maximum absolute atomic E-state index is 4.41. The molecule has 0 aliphatic carbocycles. The Balaban J connectivity index is 1.73. The third-order valence-electron chi connectivity index (χ3n) is 3.22. The Hall–Kier alpha value is -2.95. The number of hydrogen-bond donors (Lipinski definition) is 2. The summed E-state index contributed by atoms with van der Waals surface area (Å²) < 4.78 is 0. The largest absolute Gasteiger partial charge is 0.339 e. The summed E-state index contributed by atoms with van der Waals surface area (Å²) in [6.07, 6.45) is 2.63. The lowest BCUT2D eigenvalue weighted by Gasteiger charge is -2.08. The highest BCUT2D eigenvalue weighted by atomic mass is 15.3. The van der Waals surface area contributed by atoms with E-state index in [4.69, 9.17) is 0 Å². The minimum Gasteiger partial charge on any atom is -0.339 e. The van der Waals surface area contributed by atoms with Crippen LogP contribution in [0.15, 0.2) is 60.8 Å². The highest BCUT2D eigenvalue weighted by Gasteiger charge is 2.02. The number of para-hydroxylation sites is 1. The van der Waals surface area contributed by atoms with Gasteiger partial charge in [-0.1, -0.05) is 37.3 Å². The van der Waals surface area contributed by atoms with E-state index in [9.17, 15) is 0 Å². The average Bonchev–Trinajstić information content (AvgIpc) is 2.57. The Bertz CT molecular complexity index is 726. The maximum atomic E-state index is 4.41. The summed E-state index contributed by atoms with van der Waals surface area (Å²) in [5.41, 5.74) is 3.20. The van der Waals surface area contributed by atoms with Crippen molar-refractivity contribution in [1.82, 2.24) is 15.2 Å². The molecular weight excluding hydrogens is 274 g/mol. The number of benzene rings is 2. The predicted molar refractivity (Wildman–Crippen MR) is 88.7 cm³/mol. The van der Waals surface area contributed by atoms with Crippen molar-refractivity contribution in [2.45, 2.75) is 13.3 Å². The Morgan fingerprint density at radius 2 is 1.59 bits per heavy atom. The average molecular weight is 291 g/mol. The van der Waals surface area contributed by atoms with Crippen molar-refractivity contribution in [2.24, 2.45) is 0 Å². The van der Waals surface area contributed by atoms with Crippen LogP contribution >= 0.6 is 0 Å². The second-order valence-electron chi connectivity index (χ2n) is 4.83. The first-order chi connectivity index (χ1) is 10.8. The fourth-order valence-corrected chi connectivity index (χ4v) is 2.04. The van der Waals surface area contributed by atoms with Crippen LogP contribution in [-0.4, -0.2) is 15.2 Å². The molecule has 0 amide bonds. The molecule has 0 saturated heterocycles. The molecule has 2 aromatic carbocycles. The number of nitrogens with zero attached hydrogens (tertiary/aromatic N) is 3. The second kappa shape index (κ2) is 6.67. The zero-order valence-electron chi connectivity index (χ0n) is 12.3. The monoisotopic (exact) mass is 291 g/mol. The molecular formula is C17H17N5. The van der Waals surface area contributed by atoms with Gasteiger partial charge in [-0.2, -0.15) is 10.1 Å². The van der Waals surface area contributed by atoms with E-state index in [2.05, 4.69) is 44.9 Å². The summed E-state index contributed by atoms with van der Waals surface area (Å²) in [6.45, 7) is 2.14. The lowest BCUT2D eigenvalue weighted by Crippen LogP contribution is -2.02. The van der Waals surface area contributed by atoms with Crippen LogP contribution in [0.2, 0.25) is 0 Å². The van der Waals surface area contributed by atoms with Crippen LogP contribution in [0, 0.1) is 0 Å². The first kappa shape index (κ1) is 14.0. The van der Waals surface area contributed by atoms with Gasteiger partial charge >= 0.3 is 0 Å². The molecule has 0 radical (unpaired) electrons. The molecule has 2 N–H and O–H groups in total. The van der Waals surface area contributed by atoms with Gasteiger partial charge in [-0.3, -0.25) is 0 Å². The van der Waals surface area contributed by atoms with Crippen LogP contribution in [0.25, 0.3) is 0 Å². The van der Waals surface area contributed by atoms with E-state index in [1.807, 2.05) is 42.5 Å². The van der Waals surface area contributed by atoms with Gasteiger partial charge in [-0.05, 0) is 36.2 Å². The van der Waals surface area contributed by atoms with Gasteiger partial charge in [-0.15, -0.1) is 5.10 Å². The van der Waals surface area contributed by atoms with Crippen LogP contribution in [0.5, 0.6) is 0 Å². The van der Waals surface area contributed by atoms with Crippen molar-refractivity contribution in [3.8, 4) is 0 Å². The molecule has 0 fully saturated rings. The van der Waals surface area contributed by atoms with E-state index in [0.29, 0.717) is 11.8 Å². The third kappa shape index (κ3) is 3.58. The maximum Gasteiger partial charge on any atom is 0.249 e. The van der Waals surface area contributed by atoms with Gasteiger partial charge in [0.15, 0.2) is 5.82 Å². The molecule has 5 heteroatoms. The summed E-state index contributed by atoms with van der Waals surface area (Å²) in [4.78, 5) is 4.41. The molecule has 0 aliphatic rings. The van der Waals surface area contributed by atoms with Gasteiger partial charge in [0.05, 0.1) is 6.20 Å². The minimum atomic E-state index is 0.460. The molecule has 1 aromatic heterocycles. The number of aryl methyl sites for hydroxylation is 1. The van der Waals surface area contributed by atoms with Gasteiger partial charge in [0, 0.05) is 11.4 Å². The van der Waals surface area contributed by atoms with Gasteiger partial charge in [0.2, 0.25) is 5.95 Å². The number of anilines is 4. The number of rotatable bonds is 5. The molecule has 110 valence electrons. The number of aromatic nitrogens is 3. The van der Waals surface area contributed by atoms with Gasteiger partial charge in [-0.25, -0.2) is 0 Å². The van der Waals surface area contributed by atoms with Gasteiger partial charge < -0.3 is 10.6 Å². The third-order valence-corrected chi connectivity index (χ3v) is 3.22. The lowest BCUT2D eigenvalue weighted by atomic mass is 10.1. The van der Waals surface area contributed by atoms with Crippen molar-refractivity contribution in [3.63, 3.8) is 0 Å². The molecule has 1 heterocycles. The Morgan fingerprint density at radius 1 is 0.864 bits per heavy atom. The Labute approximate surface area is 129 Å². The zero-order chi connectivity index (χ0) is 15.2. The molecule has 0 bridgehead atoms. The smallest absolute Gasteiger partial charge is 0.249 e. The van der Waals surface area contributed by atoms with Crippen molar-refractivity contribution < 1.29 is 0 Å². The normalized spacial score (nSPS) is 10.2. The second-order valence-corrected chi connectivity index (χ2v) is 4.83. The van der Waals surface area contributed by atoms with Crippen LogP contribution in [0.1, 0.15) is 12.5 Å². The fourth-order valence-electron chi connectivity index (χ4n) is 2.04. The molecule has 5 nitrogen and oxygen atoms in total. The van der Waals surface area contributed by atoms with Gasteiger partial charge in [0.1, 0.15) is 0 Å². The topological polar surface area (TPSA) is 62.7 Å². The fraction of sp³-hybridized carbons (Fsp3) is 0.118. The Kier molecular flexibility index (Phi) is 4.25. The molecule has 3 aromatic rings. The first-order valence-electron chi connectivity index (χ1n) is 7.21. The molecule has 0 spiro atoms. The minimum absolute atomic E-state index is 0.460. The summed E-state index contributed by atoms with van der Waals surface area (Å²) in [6, 6.07) is 18.0. The summed E-state index contributed by atoms with van der Waals surface area (Å²) in [5, 5.41) is 14.3. The van der Waals surface area contributed by atoms with Crippen molar-refractivity contribution in [1.29, 1.82) is 0 Å². The zero-order valence-corrected chi connectivity index (χ0v) is 12.3. The van der Waals surface area contributed by atoms with Crippen molar-refractivity contribution in [2.75, 3.05) is 10.6 Å². The quantitative estimate of drug-likeness (QED) is 0.746. The number of hydrogen-bond acceptors (Lipinski definition) is 5. The van der Waals surface area contributed by atoms with Crippen LogP contribution in [0.4, 0.5) is 23.1 Å². The van der Waals surface area contributed by atoms with Crippen molar-refractivity contribution >= 4 is 23.1 Å². The predicted octanol–water partition coefficient (Wildman–Crippen LogP) is 3.92. The highest BCUT2D eigenvalue weighted by molar-refractivity contribution is 5.58. The van der Waals surface area contributed by atoms with E-state index in [1.54, 1.807) is 6.20 Å². The van der Waals surface area contributed by atoms with E-state index in [0.717, 1.165) is 17.8 Å². The molecule has 0 unspecified atom stereocenters. The highest BCUT2D eigenvalue weighted by Crippen LogP contribution is 2.17. The van der Waals surface area contributed by atoms with Gasteiger partial charge in [0.25, 0.3) is 0 Å². The van der Waals surface area contributed by atoms with E-state index in [1.165, 1.54) is 5.56 Å². The molecule has 22 heavy (non-hydrogen) atoms. The standard InChI is InChI=1S/C17H17N5/c1-2-13-8-10-15(11-9-13)19-16-12-18-22-17(21-16)20-14-6-4-3-5-7-14/h3-12H,2H2,1H3,(H2,19,20,21,22). The van der Waals surface area contributed by atoms with Crippen molar-refractivity contribution in [3.05, 3.63) is 66.4 Å². The summed E-state index contributed by atoms with van der Waals surface area (Å²) in [7, 11) is 0. The SMILES string of the molecule is CCc1ccc(Nc2cnnc(Nc3ccccc3)n2)cc1. The van der Waals surface area contributed by atoms with Crippen LogP contribution in [0.3, 0.4) is 0 Å². The first-order valence-corrected chi connectivity index (χ1v) is 7.21. The van der Waals surface area contributed by atoms with Crippen LogP contribution in [-0.2, 0) is 6.42 Å². The van der Waals surface area contributed by atoms with Crippen LogP contribution < -0.4 is 10.6 Å².